The summed E-state index contributed by atoms with van der Waals surface area (Å²) in [6.45, 7) is 2.67. The van der Waals surface area contributed by atoms with E-state index in [0.29, 0.717) is 6.54 Å². The average Bonchev–Trinajstić information content (AvgIpc) is 2.40. The minimum Gasteiger partial charge on any atom is -0.330 e. The van der Waals surface area contributed by atoms with Crippen LogP contribution in [0.2, 0.25) is 0 Å². The van der Waals surface area contributed by atoms with Gasteiger partial charge in [-0.15, -0.1) is 0 Å². The minimum atomic E-state index is -0.104. The maximum atomic E-state index is 14.1. The fraction of sp³-hybridized carbons (Fsp3) is 0.600. The molecule has 0 bridgehead atoms. The predicted molar refractivity (Wildman–Crippen MR) is 69.6 cm³/mol. The van der Waals surface area contributed by atoms with Crippen molar-refractivity contribution in [1.29, 1.82) is 0 Å². The first kappa shape index (κ1) is 12.6. The highest BCUT2D eigenvalue weighted by Crippen LogP contribution is 2.40. The van der Waals surface area contributed by atoms with E-state index in [1.807, 2.05) is 12.1 Å². The van der Waals surface area contributed by atoms with Gasteiger partial charge in [0, 0.05) is 12.0 Å². The summed E-state index contributed by atoms with van der Waals surface area (Å²) in [6.07, 6.45) is 6.63. The maximum Gasteiger partial charge on any atom is 0.127 e. The molecule has 0 saturated heterocycles. The van der Waals surface area contributed by atoms with Gasteiger partial charge in [0.25, 0.3) is 0 Å². The monoisotopic (exact) mass is 235 g/mol. The molecule has 1 saturated carbocycles. The molecule has 0 atom stereocenters. The number of nitrogens with two attached hydrogens (primary N) is 1. The molecule has 2 rings (SSSR count). The fourth-order valence-corrected chi connectivity index (χ4v) is 3.01. The van der Waals surface area contributed by atoms with Crippen LogP contribution < -0.4 is 5.73 Å². The summed E-state index contributed by atoms with van der Waals surface area (Å²) in [5, 5.41) is 0. The van der Waals surface area contributed by atoms with Crippen LogP contribution in [0.15, 0.2) is 18.2 Å². The first-order chi connectivity index (χ1) is 8.22. The van der Waals surface area contributed by atoms with Crippen molar-refractivity contribution in [1.82, 2.24) is 0 Å². The zero-order chi connectivity index (χ0) is 12.3. The van der Waals surface area contributed by atoms with Crippen LogP contribution in [0.1, 0.15) is 50.2 Å². The van der Waals surface area contributed by atoms with Gasteiger partial charge >= 0.3 is 0 Å². The average molecular weight is 235 g/mol. The normalized spacial score (nSPS) is 19.2. The van der Waals surface area contributed by atoms with Gasteiger partial charge in [0.05, 0.1) is 0 Å². The first-order valence-corrected chi connectivity index (χ1v) is 6.71. The Kier molecular flexibility index (Phi) is 3.82. The van der Waals surface area contributed by atoms with Crippen molar-refractivity contribution >= 4 is 0 Å². The van der Waals surface area contributed by atoms with Crippen LogP contribution in [0.4, 0.5) is 4.39 Å². The van der Waals surface area contributed by atoms with Crippen molar-refractivity contribution < 1.29 is 4.39 Å². The summed E-state index contributed by atoms with van der Waals surface area (Å²) in [5.41, 5.74) is 7.93. The quantitative estimate of drug-likeness (QED) is 0.852. The number of rotatable bonds is 3. The molecule has 0 spiro atoms. The molecule has 1 aliphatic rings. The van der Waals surface area contributed by atoms with Gasteiger partial charge < -0.3 is 5.73 Å². The highest BCUT2D eigenvalue weighted by Gasteiger charge is 2.34. The molecule has 1 nitrogen and oxygen atoms in total. The predicted octanol–water partition coefficient (Wildman–Crippen LogP) is 3.55. The molecule has 0 heterocycles. The minimum absolute atomic E-state index is 0.0745. The second kappa shape index (κ2) is 5.18. The Labute approximate surface area is 103 Å². The molecule has 0 unspecified atom stereocenters. The van der Waals surface area contributed by atoms with Crippen molar-refractivity contribution in [2.24, 2.45) is 5.73 Å². The number of benzene rings is 1. The van der Waals surface area contributed by atoms with Gasteiger partial charge in [-0.2, -0.15) is 0 Å². The largest absolute Gasteiger partial charge is 0.330 e. The summed E-state index contributed by atoms with van der Waals surface area (Å²) in [6, 6.07) is 5.53. The molecule has 17 heavy (non-hydrogen) atoms. The molecule has 2 N–H and O–H groups in total. The van der Waals surface area contributed by atoms with Crippen LogP contribution in [0.3, 0.4) is 0 Å². The van der Waals surface area contributed by atoms with E-state index in [0.717, 1.165) is 24.8 Å². The highest BCUT2D eigenvalue weighted by molar-refractivity contribution is 5.32. The zero-order valence-electron chi connectivity index (χ0n) is 10.6. The van der Waals surface area contributed by atoms with E-state index in [1.54, 1.807) is 6.07 Å². The van der Waals surface area contributed by atoms with E-state index in [4.69, 9.17) is 5.73 Å². The second-order valence-corrected chi connectivity index (χ2v) is 5.21. The molecule has 1 aromatic carbocycles. The van der Waals surface area contributed by atoms with Crippen molar-refractivity contribution in [2.45, 2.75) is 50.9 Å². The zero-order valence-corrected chi connectivity index (χ0v) is 10.6. The Bertz CT molecular complexity index is 381. The summed E-state index contributed by atoms with van der Waals surface area (Å²) < 4.78 is 14.1. The molecular formula is C15H22FN. The van der Waals surface area contributed by atoms with Gasteiger partial charge in [0.2, 0.25) is 0 Å². The van der Waals surface area contributed by atoms with Crippen LogP contribution in [0.5, 0.6) is 0 Å². The number of aryl methyl sites for hydroxylation is 1. The third kappa shape index (κ3) is 2.37. The van der Waals surface area contributed by atoms with E-state index < -0.39 is 0 Å². The van der Waals surface area contributed by atoms with Crippen LogP contribution in [-0.4, -0.2) is 6.54 Å². The lowest BCUT2D eigenvalue weighted by Crippen LogP contribution is -2.38. The summed E-state index contributed by atoms with van der Waals surface area (Å²) in [7, 11) is 0. The Morgan fingerprint density at radius 3 is 2.53 bits per heavy atom. The molecule has 1 fully saturated rings. The topological polar surface area (TPSA) is 26.0 Å². The van der Waals surface area contributed by atoms with Gasteiger partial charge in [0.15, 0.2) is 0 Å². The van der Waals surface area contributed by atoms with Gasteiger partial charge in [-0.25, -0.2) is 4.39 Å². The smallest absolute Gasteiger partial charge is 0.127 e. The third-order valence-electron chi connectivity index (χ3n) is 4.21. The van der Waals surface area contributed by atoms with Crippen LogP contribution in [-0.2, 0) is 11.8 Å². The van der Waals surface area contributed by atoms with Crippen molar-refractivity contribution in [3.05, 3.63) is 35.1 Å². The first-order valence-electron chi connectivity index (χ1n) is 6.71. The Hall–Kier alpha value is -0.890. The number of hydrogen-bond acceptors (Lipinski definition) is 1. The van der Waals surface area contributed by atoms with Gasteiger partial charge in [0.1, 0.15) is 5.82 Å². The van der Waals surface area contributed by atoms with Gasteiger partial charge in [-0.3, -0.25) is 0 Å². The standard InChI is InChI=1S/C15H22FN/c1-2-12-6-7-14(16)13(10-12)15(11-17)8-4-3-5-9-15/h6-7,10H,2-5,8-9,11,17H2,1H3. The van der Waals surface area contributed by atoms with E-state index in [2.05, 4.69) is 6.92 Å². The van der Waals surface area contributed by atoms with Crippen molar-refractivity contribution in [2.75, 3.05) is 6.54 Å². The molecule has 0 amide bonds. The van der Waals surface area contributed by atoms with Crippen molar-refractivity contribution in [3.8, 4) is 0 Å². The fourth-order valence-electron chi connectivity index (χ4n) is 3.01. The number of halogens is 1. The lowest BCUT2D eigenvalue weighted by molar-refractivity contribution is 0.291. The lowest BCUT2D eigenvalue weighted by atomic mass is 9.69. The van der Waals surface area contributed by atoms with Crippen LogP contribution in [0, 0.1) is 5.82 Å². The summed E-state index contributed by atoms with van der Waals surface area (Å²) in [5.74, 6) is -0.0745. The van der Waals surface area contributed by atoms with Crippen molar-refractivity contribution in [3.63, 3.8) is 0 Å². The second-order valence-electron chi connectivity index (χ2n) is 5.21. The molecule has 1 aromatic rings. The van der Waals surface area contributed by atoms with E-state index in [-0.39, 0.29) is 11.2 Å². The molecule has 0 aromatic heterocycles. The molecule has 2 heteroatoms. The molecule has 0 aliphatic heterocycles. The van der Waals surface area contributed by atoms with Gasteiger partial charge in [-0.05, 0) is 36.5 Å². The van der Waals surface area contributed by atoms with Gasteiger partial charge in [-0.1, -0.05) is 38.3 Å². The SMILES string of the molecule is CCc1ccc(F)c(C2(CN)CCCCC2)c1. The number of hydrogen-bond donors (Lipinski definition) is 1. The molecule has 94 valence electrons. The maximum absolute atomic E-state index is 14.1. The Balaban J connectivity index is 2.41. The molecular weight excluding hydrogens is 213 g/mol. The lowest BCUT2D eigenvalue weighted by Gasteiger charge is -2.37. The third-order valence-corrected chi connectivity index (χ3v) is 4.21. The van der Waals surface area contributed by atoms with E-state index in [1.165, 1.54) is 24.8 Å². The summed E-state index contributed by atoms with van der Waals surface area (Å²) in [4.78, 5) is 0. The van der Waals surface area contributed by atoms with Crippen LogP contribution >= 0.6 is 0 Å². The van der Waals surface area contributed by atoms with Crippen LogP contribution in [0.25, 0.3) is 0 Å². The molecule has 0 radical (unpaired) electrons. The highest BCUT2D eigenvalue weighted by atomic mass is 19.1. The molecule has 1 aliphatic carbocycles. The Morgan fingerprint density at radius 1 is 1.24 bits per heavy atom. The summed E-state index contributed by atoms with van der Waals surface area (Å²) >= 11 is 0. The Morgan fingerprint density at radius 2 is 1.94 bits per heavy atom. The van der Waals surface area contributed by atoms with E-state index >= 15 is 0 Å². The van der Waals surface area contributed by atoms with E-state index in [9.17, 15) is 4.39 Å².